The second-order valence-electron chi connectivity index (χ2n) is 4.13. The minimum absolute atomic E-state index is 0.575. The third-order valence-corrected chi connectivity index (χ3v) is 5.09. The number of hydrogen-bond donors (Lipinski definition) is 0. The number of aryl methyl sites for hydroxylation is 2. The molecule has 0 unspecified atom stereocenters. The van der Waals surface area contributed by atoms with E-state index in [0.717, 1.165) is 6.42 Å². The van der Waals surface area contributed by atoms with Gasteiger partial charge < -0.3 is 0 Å². The summed E-state index contributed by atoms with van der Waals surface area (Å²) in [5.74, 6) is 0. The number of benzene rings is 1. The van der Waals surface area contributed by atoms with E-state index in [-0.39, 0.29) is 0 Å². The van der Waals surface area contributed by atoms with E-state index in [1.807, 2.05) is 0 Å². The average molecular weight is 266 g/mol. The molecule has 0 aliphatic heterocycles. The molecule has 0 amide bonds. The van der Waals surface area contributed by atoms with Crippen LogP contribution in [-0.4, -0.2) is 28.6 Å². The Kier molecular flexibility index (Phi) is 2.90. The topological polar surface area (TPSA) is 3.24 Å². The molecule has 0 bridgehead atoms. The van der Waals surface area contributed by atoms with Crippen LogP contribution in [0.25, 0.3) is 9.65 Å². The van der Waals surface area contributed by atoms with Crippen LogP contribution in [0.15, 0.2) is 18.2 Å². The Morgan fingerprint density at radius 1 is 1.20 bits per heavy atom. The fourth-order valence-electron chi connectivity index (χ4n) is 1.86. The van der Waals surface area contributed by atoms with Gasteiger partial charge in [0.15, 0.2) is 0 Å². The van der Waals surface area contributed by atoms with Crippen LogP contribution < -0.4 is 4.90 Å². The molecule has 0 saturated heterocycles. The van der Waals surface area contributed by atoms with Gasteiger partial charge in [0.1, 0.15) is 0 Å². The van der Waals surface area contributed by atoms with Crippen LogP contribution in [0.2, 0.25) is 0 Å². The molecule has 1 aromatic carbocycles. The van der Waals surface area contributed by atoms with Crippen molar-refractivity contribution in [1.82, 2.24) is 0 Å². The van der Waals surface area contributed by atoms with Gasteiger partial charge >= 0.3 is 97.3 Å². The standard InChI is InChI=1S/C13H17NSe/c1-5-10-7-12(14(3)4)8-11-6-9(2)15-13(10)11/h6-8H,5H2,1-4H3. The summed E-state index contributed by atoms with van der Waals surface area (Å²) < 4.78 is 3.15. The Morgan fingerprint density at radius 3 is 2.53 bits per heavy atom. The van der Waals surface area contributed by atoms with Crippen LogP contribution in [0.3, 0.4) is 0 Å². The van der Waals surface area contributed by atoms with Gasteiger partial charge in [-0.15, -0.1) is 0 Å². The molecule has 2 rings (SSSR count). The number of hydrogen-bond acceptors (Lipinski definition) is 1. The molecule has 2 heteroatoms. The molecule has 0 spiro atoms. The van der Waals surface area contributed by atoms with Gasteiger partial charge in [0.05, 0.1) is 0 Å². The Hall–Kier alpha value is -0.721. The van der Waals surface area contributed by atoms with E-state index in [2.05, 4.69) is 51.0 Å². The molecular formula is C13H17NSe. The van der Waals surface area contributed by atoms with Crippen LogP contribution >= 0.6 is 0 Å². The first-order chi connectivity index (χ1) is 7.11. The third kappa shape index (κ3) is 1.97. The Balaban J connectivity index is 2.70. The molecule has 15 heavy (non-hydrogen) atoms. The fraction of sp³-hybridized carbons (Fsp3) is 0.385. The summed E-state index contributed by atoms with van der Waals surface area (Å²) in [6.07, 6.45) is 1.15. The molecule has 0 N–H and O–H groups in total. The second-order valence-corrected chi connectivity index (χ2v) is 6.76. The van der Waals surface area contributed by atoms with Crippen molar-refractivity contribution in [3.8, 4) is 0 Å². The number of rotatable bonds is 2. The van der Waals surface area contributed by atoms with Gasteiger partial charge in [0.25, 0.3) is 0 Å². The van der Waals surface area contributed by atoms with Gasteiger partial charge in [-0.3, -0.25) is 0 Å². The summed E-state index contributed by atoms with van der Waals surface area (Å²) in [4.78, 5) is 2.19. The van der Waals surface area contributed by atoms with Crippen molar-refractivity contribution in [1.29, 1.82) is 0 Å². The zero-order valence-electron chi connectivity index (χ0n) is 9.79. The van der Waals surface area contributed by atoms with E-state index >= 15 is 0 Å². The van der Waals surface area contributed by atoms with Gasteiger partial charge in [-0.05, 0) is 0 Å². The number of nitrogens with zero attached hydrogens (tertiary/aromatic N) is 1. The summed E-state index contributed by atoms with van der Waals surface area (Å²) in [5, 5.41) is 1.45. The molecule has 0 radical (unpaired) electrons. The SMILES string of the molecule is CCc1cc(N(C)C)cc2cc(C)[se]c12. The summed E-state index contributed by atoms with van der Waals surface area (Å²) >= 11 is 0.575. The van der Waals surface area contributed by atoms with E-state index in [0.29, 0.717) is 14.5 Å². The minimum atomic E-state index is 0.575. The van der Waals surface area contributed by atoms with Crippen molar-refractivity contribution >= 4 is 29.8 Å². The van der Waals surface area contributed by atoms with Crippen molar-refractivity contribution in [2.24, 2.45) is 0 Å². The number of fused-ring (bicyclic) bond motifs is 1. The van der Waals surface area contributed by atoms with Crippen LogP contribution in [0.5, 0.6) is 0 Å². The predicted molar refractivity (Wildman–Crippen MR) is 69.3 cm³/mol. The molecule has 1 aromatic heterocycles. The van der Waals surface area contributed by atoms with Crippen molar-refractivity contribution in [3.63, 3.8) is 0 Å². The van der Waals surface area contributed by atoms with Gasteiger partial charge in [-0.2, -0.15) is 0 Å². The van der Waals surface area contributed by atoms with E-state index in [1.165, 1.54) is 16.6 Å². The zero-order chi connectivity index (χ0) is 11.0. The Morgan fingerprint density at radius 2 is 1.93 bits per heavy atom. The molecule has 80 valence electrons. The number of anilines is 1. The molecular weight excluding hydrogens is 249 g/mol. The van der Waals surface area contributed by atoms with Crippen LogP contribution in [0.1, 0.15) is 16.9 Å². The predicted octanol–water partition coefficient (Wildman–Crippen LogP) is 2.83. The van der Waals surface area contributed by atoms with Crippen molar-refractivity contribution in [2.75, 3.05) is 19.0 Å². The maximum absolute atomic E-state index is 2.35. The molecule has 0 fully saturated rings. The van der Waals surface area contributed by atoms with Crippen molar-refractivity contribution in [2.45, 2.75) is 20.3 Å². The second kappa shape index (κ2) is 4.03. The average Bonchev–Trinajstić information content (AvgIpc) is 2.56. The van der Waals surface area contributed by atoms with Crippen molar-refractivity contribution < 1.29 is 0 Å². The Bertz CT molecular complexity index is 482. The van der Waals surface area contributed by atoms with E-state index in [1.54, 1.807) is 8.70 Å². The molecule has 1 heterocycles. The van der Waals surface area contributed by atoms with Crippen LogP contribution in [-0.2, 0) is 6.42 Å². The molecule has 1 nitrogen and oxygen atoms in total. The quantitative estimate of drug-likeness (QED) is 0.755. The zero-order valence-corrected chi connectivity index (χ0v) is 11.5. The fourth-order valence-corrected chi connectivity index (χ4v) is 4.12. The van der Waals surface area contributed by atoms with Crippen LogP contribution in [0, 0.1) is 6.92 Å². The van der Waals surface area contributed by atoms with E-state index in [4.69, 9.17) is 0 Å². The third-order valence-electron chi connectivity index (χ3n) is 2.70. The summed E-state index contributed by atoms with van der Waals surface area (Å²) in [5.41, 5.74) is 2.86. The molecule has 0 saturated carbocycles. The molecule has 0 aliphatic rings. The van der Waals surface area contributed by atoms with Gasteiger partial charge in [-0.1, -0.05) is 0 Å². The molecule has 0 atom stereocenters. The monoisotopic (exact) mass is 267 g/mol. The Labute approximate surface area is 97.5 Å². The van der Waals surface area contributed by atoms with Gasteiger partial charge in [0.2, 0.25) is 0 Å². The van der Waals surface area contributed by atoms with E-state index < -0.39 is 0 Å². The first kappa shape index (κ1) is 10.8. The summed E-state index contributed by atoms with van der Waals surface area (Å²) in [6, 6.07) is 7.00. The molecule has 2 aromatic rings. The summed E-state index contributed by atoms with van der Waals surface area (Å²) in [7, 11) is 4.22. The van der Waals surface area contributed by atoms with E-state index in [9.17, 15) is 0 Å². The van der Waals surface area contributed by atoms with Crippen LogP contribution in [0.4, 0.5) is 5.69 Å². The van der Waals surface area contributed by atoms with Crippen molar-refractivity contribution in [3.05, 3.63) is 28.2 Å². The normalized spacial score (nSPS) is 10.9. The first-order valence-corrected chi connectivity index (χ1v) is 7.03. The molecule has 0 aliphatic carbocycles. The van der Waals surface area contributed by atoms with Gasteiger partial charge in [0, 0.05) is 0 Å². The summed E-state index contributed by atoms with van der Waals surface area (Å²) in [6.45, 7) is 4.49. The maximum atomic E-state index is 2.35. The first-order valence-electron chi connectivity index (χ1n) is 5.32. The van der Waals surface area contributed by atoms with Gasteiger partial charge in [-0.25, -0.2) is 0 Å².